The van der Waals surface area contributed by atoms with Crippen LogP contribution in [0.5, 0.6) is 0 Å². The molecule has 26 heavy (non-hydrogen) atoms. The lowest BCUT2D eigenvalue weighted by Gasteiger charge is -2.11. The molecule has 4 aromatic rings. The molecule has 0 aliphatic carbocycles. The summed E-state index contributed by atoms with van der Waals surface area (Å²) >= 11 is 0. The minimum absolute atomic E-state index is 0.0270. The summed E-state index contributed by atoms with van der Waals surface area (Å²) in [6.07, 6.45) is -7.19. The second-order valence-electron chi connectivity index (χ2n) is 5.25. The van der Waals surface area contributed by atoms with Gasteiger partial charge >= 0.3 is 12.4 Å². The average Bonchev–Trinajstić information content (AvgIpc) is 3.21. The Balaban J connectivity index is 2.09. The molecular formula is C14H5F6N5O. The highest BCUT2D eigenvalue weighted by atomic mass is 19.4. The predicted octanol–water partition coefficient (Wildman–Crippen LogP) is 3.97. The van der Waals surface area contributed by atoms with Crippen molar-refractivity contribution in [2.45, 2.75) is 12.4 Å². The third-order valence-electron chi connectivity index (χ3n) is 3.59. The van der Waals surface area contributed by atoms with Gasteiger partial charge in [0.15, 0.2) is 5.69 Å². The highest BCUT2D eigenvalue weighted by Crippen LogP contribution is 2.37. The van der Waals surface area contributed by atoms with E-state index in [1.54, 1.807) is 0 Å². The minimum Gasteiger partial charge on any atom is -0.422 e. The molecule has 0 fully saturated rings. The average molecular weight is 373 g/mol. The van der Waals surface area contributed by atoms with Gasteiger partial charge in [-0.25, -0.2) is 4.98 Å². The van der Waals surface area contributed by atoms with Gasteiger partial charge in [0.1, 0.15) is 11.3 Å². The smallest absolute Gasteiger partial charge is 0.422 e. The largest absolute Gasteiger partial charge is 0.434 e. The number of hydrogen-bond donors (Lipinski definition) is 0. The minimum atomic E-state index is -4.90. The van der Waals surface area contributed by atoms with Crippen LogP contribution in [0.25, 0.3) is 28.1 Å². The van der Waals surface area contributed by atoms with E-state index in [9.17, 15) is 26.3 Å². The molecule has 4 aromatic heterocycles. The van der Waals surface area contributed by atoms with E-state index in [4.69, 9.17) is 4.42 Å². The molecule has 0 amide bonds. The zero-order chi connectivity index (χ0) is 18.7. The van der Waals surface area contributed by atoms with Crippen LogP contribution in [0.2, 0.25) is 0 Å². The summed E-state index contributed by atoms with van der Waals surface area (Å²) < 4.78 is 84.3. The normalized spacial score (nSPS) is 13.0. The molecule has 0 unspecified atom stereocenters. The van der Waals surface area contributed by atoms with Gasteiger partial charge in [-0.15, -0.1) is 10.2 Å². The summed E-state index contributed by atoms with van der Waals surface area (Å²) in [4.78, 5) is 7.05. The maximum atomic E-state index is 13.3. The Hall–Kier alpha value is -3.18. The molecular weight excluding hydrogens is 368 g/mol. The van der Waals surface area contributed by atoms with Gasteiger partial charge < -0.3 is 4.42 Å². The van der Waals surface area contributed by atoms with Crippen LogP contribution < -0.4 is 0 Å². The Morgan fingerprint density at radius 2 is 1.77 bits per heavy atom. The van der Waals surface area contributed by atoms with Gasteiger partial charge in [0, 0.05) is 17.8 Å². The monoisotopic (exact) mass is 373 g/mol. The van der Waals surface area contributed by atoms with Crippen molar-refractivity contribution in [1.82, 2.24) is 24.6 Å². The maximum absolute atomic E-state index is 13.3. The molecule has 0 radical (unpaired) electrons. The number of nitrogens with zero attached hydrogens (tertiary/aromatic N) is 5. The lowest BCUT2D eigenvalue weighted by molar-refractivity contribution is -0.141. The molecule has 6 nitrogen and oxygen atoms in total. The molecule has 0 aliphatic heterocycles. The third kappa shape index (κ3) is 2.53. The number of hydrogen-bond acceptors (Lipinski definition) is 5. The molecule has 0 spiro atoms. The number of pyridine rings is 2. The van der Waals surface area contributed by atoms with Crippen LogP contribution in [0, 0.1) is 0 Å². The molecule has 134 valence electrons. The Labute approximate surface area is 139 Å². The number of rotatable bonds is 1. The first-order valence-electron chi connectivity index (χ1n) is 6.87. The highest BCUT2D eigenvalue weighted by Gasteiger charge is 2.38. The number of halogens is 6. The quantitative estimate of drug-likeness (QED) is 0.472. The first-order chi connectivity index (χ1) is 12.1. The molecule has 0 bridgehead atoms. The third-order valence-corrected chi connectivity index (χ3v) is 3.59. The van der Waals surface area contributed by atoms with E-state index in [0.717, 1.165) is 17.0 Å². The molecule has 4 heterocycles. The lowest BCUT2D eigenvalue weighted by atomic mass is 10.1. The topological polar surface area (TPSA) is 69.1 Å². The highest BCUT2D eigenvalue weighted by molar-refractivity contribution is 5.85. The van der Waals surface area contributed by atoms with E-state index in [1.165, 1.54) is 6.07 Å². The van der Waals surface area contributed by atoms with Gasteiger partial charge in [0.25, 0.3) is 5.89 Å². The van der Waals surface area contributed by atoms with Gasteiger partial charge in [0.2, 0.25) is 6.39 Å². The lowest BCUT2D eigenvalue weighted by Crippen LogP contribution is -2.09. The van der Waals surface area contributed by atoms with Crippen molar-refractivity contribution < 1.29 is 30.8 Å². The second kappa shape index (κ2) is 5.16. The van der Waals surface area contributed by atoms with E-state index in [0.29, 0.717) is 12.3 Å². The fraction of sp³-hybridized carbons (Fsp3) is 0.143. The van der Waals surface area contributed by atoms with Crippen molar-refractivity contribution >= 4 is 16.6 Å². The first kappa shape index (κ1) is 16.3. The fourth-order valence-corrected chi connectivity index (χ4v) is 2.50. The molecule has 0 atom stereocenters. The number of fused-ring (bicyclic) bond motifs is 3. The van der Waals surface area contributed by atoms with Crippen LogP contribution in [0.1, 0.15) is 11.3 Å². The van der Waals surface area contributed by atoms with Gasteiger partial charge in [-0.05, 0) is 12.1 Å². The summed E-state index contributed by atoms with van der Waals surface area (Å²) in [5.41, 5.74) is -3.47. The zero-order valence-electron chi connectivity index (χ0n) is 12.3. The number of alkyl halides is 6. The molecule has 12 heteroatoms. The van der Waals surface area contributed by atoms with E-state index >= 15 is 0 Å². The zero-order valence-corrected chi connectivity index (χ0v) is 12.3. The first-order valence-corrected chi connectivity index (χ1v) is 6.87. The maximum Gasteiger partial charge on any atom is 0.434 e. The van der Waals surface area contributed by atoms with Gasteiger partial charge in [-0.3, -0.25) is 9.38 Å². The van der Waals surface area contributed by atoms with Crippen LogP contribution in [-0.2, 0) is 12.4 Å². The molecule has 0 saturated heterocycles. The van der Waals surface area contributed by atoms with Gasteiger partial charge in [-0.2, -0.15) is 26.3 Å². The summed E-state index contributed by atoms with van der Waals surface area (Å²) in [5, 5.41) is 7.03. The summed E-state index contributed by atoms with van der Waals surface area (Å²) in [6, 6.07) is 1.94. The molecule has 0 N–H and O–H groups in total. The molecule has 0 aromatic carbocycles. The SMILES string of the molecule is FC(F)(F)c1cn2c(n1)c(C(F)(F)F)cc1cnc(-c3nnco3)cc12. The summed E-state index contributed by atoms with van der Waals surface area (Å²) in [5.74, 6) is -0.0314. The Bertz CT molecular complexity index is 1110. The van der Waals surface area contributed by atoms with E-state index in [1.807, 2.05) is 0 Å². The Kier molecular flexibility index (Phi) is 3.23. The number of imidazole rings is 1. The van der Waals surface area contributed by atoms with Crippen molar-refractivity contribution in [2.24, 2.45) is 0 Å². The summed E-state index contributed by atoms with van der Waals surface area (Å²) in [7, 11) is 0. The van der Waals surface area contributed by atoms with Crippen LogP contribution in [0.3, 0.4) is 0 Å². The van der Waals surface area contributed by atoms with Crippen LogP contribution >= 0.6 is 0 Å². The number of aromatic nitrogens is 5. The van der Waals surface area contributed by atoms with Crippen molar-refractivity contribution in [2.75, 3.05) is 0 Å². The van der Waals surface area contributed by atoms with Crippen molar-refractivity contribution in [3.8, 4) is 11.6 Å². The van der Waals surface area contributed by atoms with E-state index in [2.05, 4.69) is 20.2 Å². The fourth-order valence-electron chi connectivity index (χ4n) is 2.50. The van der Waals surface area contributed by atoms with Crippen molar-refractivity contribution in [3.05, 3.63) is 42.2 Å². The second-order valence-corrected chi connectivity index (χ2v) is 5.25. The van der Waals surface area contributed by atoms with Crippen molar-refractivity contribution in [3.63, 3.8) is 0 Å². The molecule has 4 rings (SSSR count). The van der Waals surface area contributed by atoms with Crippen LogP contribution in [0.4, 0.5) is 26.3 Å². The Morgan fingerprint density at radius 1 is 1.00 bits per heavy atom. The Morgan fingerprint density at radius 3 is 2.38 bits per heavy atom. The van der Waals surface area contributed by atoms with Crippen LogP contribution in [-0.4, -0.2) is 24.6 Å². The molecule has 0 saturated carbocycles. The van der Waals surface area contributed by atoms with Gasteiger partial charge in [0.05, 0.1) is 11.1 Å². The summed E-state index contributed by atoms with van der Waals surface area (Å²) in [6.45, 7) is 0. The standard InChI is InChI=1S/C14H5F6N5O/c15-13(16,17)7-1-6-3-21-8(12-24-22-5-26-12)2-9(6)25-4-10(14(18,19)20)23-11(7)25/h1-5H. The van der Waals surface area contributed by atoms with E-state index in [-0.39, 0.29) is 22.5 Å². The van der Waals surface area contributed by atoms with Crippen molar-refractivity contribution in [1.29, 1.82) is 0 Å². The van der Waals surface area contributed by atoms with E-state index < -0.39 is 29.3 Å². The van der Waals surface area contributed by atoms with Crippen LogP contribution in [0.15, 0.2) is 35.3 Å². The van der Waals surface area contributed by atoms with Gasteiger partial charge in [-0.1, -0.05) is 0 Å². The molecule has 0 aliphatic rings. The predicted molar refractivity (Wildman–Crippen MR) is 73.8 cm³/mol.